The van der Waals surface area contributed by atoms with Crippen molar-refractivity contribution in [1.82, 2.24) is 10.6 Å². The standard InChI is InChI=1S/C12H15Cl2N3O2/c1-15-12(19)16-10(18)7-17(2)6-8-4-3-5-9(13)11(8)14/h3-5H,6-7H2,1-2H3,(H2,15,16,18,19)/p+1. The first kappa shape index (κ1) is 15.8. The average Bonchev–Trinajstić information content (AvgIpc) is 2.34. The van der Waals surface area contributed by atoms with Crippen molar-refractivity contribution in [2.45, 2.75) is 6.54 Å². The summed E-state index contributed by atoms with van der Waals surface area (Å²) in [6.07, 6.45) is 0. The molecule has 0 bridgehead atoms. The molecule has 3 N–H and O–H groups in total. The molecule has 3 amide bonds. The predicted octanol–water partition coefficient (Wildman–Crippen LogP) is 0.464. The lowest BCUT2D eigenvalue weighted by molar-refractivity contribution is -0.885. The summed E-state index contributed by atoms with van der Waals surface area (Å²) in [5, 5.41) is 5.50. The molecule has 1 rings (SSSR count). The molecule has 0 aliphatic carbocycles. The number of rotatable bonds is 4. The van der Waals surface area contributed by atoms with Gasteiger partial charge in [0.1, 0.15) is 6.54 Å². The molecule has 104 valence electrons. The van der Waals surface area contributed by atoms with Crippen molar-refractivity contribution in [3.05, 3.63) is 33.8 Å². The normalized spacial score (nSPS) is 11.8. The van der Waals surface area contributed by atoms with E-state index < -0.39 is 6.03 Å². The first-order valence-corrected chi connectivity index (χ1v) is 6.45. The number of amides is 3. The highest BCUT2D eigenvalue weighted by molar-refractivity contribution is 6.42. The molecule has 19 heavy (non-hydrogen) atoms. The molecule has 1 aromatic rings. The van der Waals surface area contributed by atoms with E-state index >= 15 is 0 Å². The Morgan fingerprint density at radius 1 is 1.32 bits per heavy atom. The van der Waals surface area contributed by atoms with Crippen LogP contribution in [0.1, 0.15) is 5.56 Å². The molecule has 1 atom stereocenters. The van der Waals surface area contributed by atoms with Crippen molar-refractivity contribution < 1.29 is 14.5 Å². The highest BCUT2D eigenvalue weighted by atomic mass is 35.5. The molecule has 0 fully saturated rings. The van der Waals surface area contributed by atoms with Gasteiger partial charge in [-0.2, -0.15) is 0 Å². The van der Waals surface area contributed by atoms with E-state index in [4.69, 9.17) is 23.2 Å². The third-order valence-electron chi connectivity index (χ3n) is 2.47. The lowest BCUT2D eigenvalue weighted by Crippen LogP contribution is -3.09. The average molecular weight is 305 g/mol. The Kier molecular flexibility index (Phi) is 6.08. The Labute approximate surface area is 121 Å². The maximum Gasteiger partial charge on any atom is 0.321 e. The van der Waals surface area contributed by atoms with E-state index in [0.717, 1.165) is 10.5 Å². The van der Waals surface area contributed by atoms with E-state index in [-0.39, 0.29) is 12.5 Å². The summed E-state index contributed by atoms with van der Waals surface area (Å²) >= 11 is 12.0. The summed E-state index contributed by atoms with van der Waals surface area (Å²) in [6, 6.07) is 4.86. The Bertz CT molecular complexity index is 480. The van der Waals surface area contributed by atoms with Crippen molar-refractivity contribution in [2.75, 3.05) is 20.6 Å². The van der Waals surface area contributed by atoms with E-state index in [2.05, 4.69) is 10.6 Å². The number of benzene rings is 1. The number of carbonyl (C=O) groups is 2. The van der Waals surface area contributed by atoms with Crippen LogP contribution in [-0.4, -0.2) is 32.6 Å². The second-order valence-corrected chi connectivity index (χ2v) is 4.94. The molecule has 0 saturated carbocycles. The van der Waals surface area contributed by atoms with E-state index in [0.29, 0.717) is 16.6 Å². The molecule has 0 radical (unpaired) electrons. The number of likely N-dealkylation sites (N-methyl/N-ethyl adjacent to an activating group) is 1. The van der Waals surface area contributed by atoms with Crippen LogP contribution >= 0.6 is 23.2 Å². The summed E-state index contributed by atoms with van der Waals surface area (Å²) in [5.41, 5.74) is 0.861. The third-order valence-corrected chi connectivity index (χ3v) is 3.32. The quantitative estimate of drug-likeness (QED) is 0.757. The fraction of sp³-hybridized carbons (Fsp3) is 0.333. The minimum absolute atomic E-state index is 0.163. The fourth-order valence-corrected chi connectivity index (χ4v) is 1.97. The van der Waals surface area contributed by atoms with Gasteiger partial charge in [0.2, 0.25) is 0 Å². The molecule has 1 unspecified atom stereocenters. The number of quaternary nitrogens is 1. The molecule has 0 saturated heterocycles. The monoisotopic (exact) mass is 304 g/mol. The van der Waals surface area contributed by atoms with Crippen LogP contribution in [0.5, 0.6) is 0 Å². The number of halogens is 2. The molecular weight excluding hydrogens is 289 g/mol. The molecule has 0 spiro atoms. The van der Waals surface area contributed by atoms with Gasteiger partial charge < -0.3 is 10.2 Å². The van der Waals surface area contributed by atoms with E-state index in [9.17, 15) is 9.59 Å². The van der Waals surface area contributed by atoms with Crippen LogP contribution in [0.25, 0.3) is 0 Å². The highest BCUT2D eigenvalue weighted by Gasteiger charge is 2.14. The largest absolute Gasteiger partial charge is 0.341 e. The van der Waals surface area contributed by atoms with Crippen LogP contribution in [-0.2, 0) is 11.3 Å². The van der Waals surface area contributed by atoms with Gasteiger partial charge >= 0.3 is 6.03 Å². The van der Waals surface area contributed by atoms with Gasteiger partial charge in [0.05, 0.1) is 17.1 Å². The van der Waals surface area contributed by atoms with Crippen LogP contribution in [0.15, 0.2) is 18.2 Å². The summed E-state index contributed by atoms with van der Waals surface area (Å²) in [6.45, 7) is 0.705. The van der Waals surface area contributed by atoms with Gasteiger partial charge in [0, 0.05) is 12.6 Å². The second-order valence-electron chi connectivity index (χ2n) is 4.15. The van der Waals surface area contributed by atoms with Gasteiger partial charge in [0.15, 0.2) is 6.54 Å². The molecular formula is C12H16Cl2N3O2+. The first-order valence-electron chi connectivity index (χ1n) is 5.69. The Hall–Kier alpha value is -1.30. The maximum atomic E-state index is 11.5. The highest BCUT2D eigenvalue weighted by Crippen LogP contribution is 2.24. The topological polar surface area (TPSA) is 62.6 Å². The van der Waals surface area contributed by atoms with Gasteiger partial charge in [0.25, 0.3) is 5.91 Å². The molecule has 5 nitrogen and oxygen atoms in total. The van der Waals surface area contributed by atoms with Crippen LogP contribution < -0.4 is 15.5 Å². The summed E-state index contributed by atoms with van der Waals surface area (Å²) in [7, 11) is 3.28. The molecule has 0 aliphatic rings. The predicted molar refractivity (Wildman–Crippen MR) is 74.5 cm³/mol. The van der Waals surface area contributed by atoms with E-state index in [1.54, 1.807) is 12.1 Å². The molecule has 1 aromatic carbocycles. The number of nitrogens with one attached hydrogen (secondary N) is 3. The van der Waals surface area contributed by atoms with Crippen molar-refractivity contribution >= 4 is 35.1 Å². The minimum Gasteiger partial charge on any atom is -0.341 e. The Morgan fingerprint density at radius 2 is 2.00 bits per heavy atom. The van der Waals surface area contributed by atoms with Crippen molar-refractivity contribution in [2.24, 2.45) is 0 Å². The third kappa shape index (κ3) is 5.06. The van der Waals surface area contributed by atoms with E-state index in [1.807, 2.05) is 13.1 Å². The number of hydrogen-bond acceptors (Lipinski definition) is 2. The van der Waals surface area contributed by atoms with Crippen LogP contribution in [0.2, 0.25) is 10.0 Å². The van der Waals surface area contributed by atoms with Gasteiger partial charge in [-0.1, -0.05) is 35.3 Å². The lowest BCUT2D eigenvalue weighted by atomic mass is 10.2. The molecule has 0 heterocycles. The zero-order chi connectivity index (χ0) is 14.4. The van der Waals surface area contributed by atoms with Gasteiger partial charge in [-0.15, -0.1) is 0 Å². The number of carbonyl (C=O) groups excluding carboxylic acids is 2. The van der Waals surface area contributed by atoms with Crippen LogP contribution in [0, 0.1) is 0 Å². The second kappa shape index (κ2) is 7.33. The van der Waals surface area contributed by atoms with Gasteiger partial charge in [-0.25, -0.2) is 4.79 Å². The van der Waals surface area contributed by atoms with Crippen molar-refractivity contribution in [3.63, 3.8) is 0 Å². The van der Waals surface area contributed by atoms with Crippen LogP contribution in [0.3, 0.4) is 0 Å². The molecule has 0 aliphatic heterocycles. The SMILES string of the molecule is CNC(=O)NC(=O)C[NH+](C)Cc1cccc(Cl)c1Cl. The van der Waals surface area contributed by atoms with E-state index in [1.165, 1.54) is 7.05 Å². The Morgan fingerprint density at radius 3 is 2.63 bits per heavy atom. The smallest absolute Gasteiger partial charge is 0.321 e. The zero-order valence-electron chi connectivity index (χ0n) is 10.7. The summed E-state index contributed by atoms with van der Waals surface area (Å²) in [4.78, 5) is 23.4. The van der Waals surface area contributed by atoms with Gasteiger partial charge in [-0.05, 0) is 6.07 Å². The number of imide groups is 1. The zero-order valence-corrected chi connectivity index (χ0v) is 12.2. The van der Waals surface area contributed by atoms with Crippen molar-refractivity contribution in [1.29, 1.82) is 0 Å². The number of hydrogen-bond donors (Lipinski definition) is 3. The molecule has 0 aromatic heterocycles. The van der Waals surface area contributed by atoms with Crippen molar-refractivity contribution in [3.8, 4) is 0 Å². The van der Waals surface area contributed by atoms with Gasteiger partial charge in [-0.3, -0.25) is 10.1 Å². The molecule has 7 heteroatoms. The first-order chi connectivity index (χ1) is 8.93. The maximum absolute atomic E-state index is 11.5. The Balaban J connectivity index is 2.55. The summed E-state index contributed by atoms with van der Waals surface area (Å²) in [5.74, 6) is -0.352. The fourth-order valence-electron chi connectivity index (χ4n) is 1.58. The minimum atomic E-state index is -0.515. The lowest BCUT2D eigenvalue weighted by Gasteiger charge is -2.14. The van der Waals surface area contributed by atoms with Crippen LogP contribution in [0.4, 0.5) is 4.79 Å². The summed E-state index contributed by atoms with van der Waals surface area (Å²) < 4.78 is 0. The number of urea groups is 1.